The van der Waals surface area contributed by atoms with Crippen molar-refractivity contribution in [2.75, 3.05) is 11.1 Å². The van der Waals surface area contributed by atoms with Crippen LogP contribution in [-0.4, -0.2) is 26.0 Å². The Balaban J connectivity index is 2.37. The van der Waals surface area contributed by atoms with Crippen molar-refractivity contribution in [1.29, 1.82) is 0 Å². The molecule has 2 rings (SSSR count). The van der Waals surface area contributed by atoms with Crippen LogP contribution in [0.1, 0.15) is 27.2 Å². The Hall–Kier alpha value is -1.85. The average molecular weight is 234 g/mol. The van der Waals surface area contributed by atoms with Gasteiger partial charge in [0.05, 0.1) is 6.33 Å². The lowest BCUT2D eigenvalue weighted by molar-refractivity contribution is 0.510. The van der Waals surface area contributed by atoms with Gasteiger partial charge in [0.15, 0.2) is 11.5 Å². The SMILES string of the molecule is CCC(Nc1nc(N)nc2[nH]cnc12)C(C)C. The molecule has 92 valence electrons. The smallest absolute Gasteiger partial charge is 0.224 e. The Morgan fingerprint density at radius 3 is 2.82 bits per heavy atom. The zero-order valence-corrected chi connectivity index (χ0v) is 10.4. The third-order valence-electron chi connectivity index (χ3n) is 2.86. The summed E-state index contributed by atoms with van der Waals surface area (Å²) in [6.07, 6.45) is 2.62. The van der Waals surface area contributed by atoms with Gasteiger partial charge in [-0.3, -0.25) is 0 Å². The molecule has 1 unspecified atom stereocenters. The molecule has 0 amide bonds. The molecule has 0 fully saturated rings. The van der Waals surface area contributed by atoms with Crippen molar-refractivity contribution >= 4 is 22.9 Å². The molecular formula is C11H18N6. The summed E-state index contributed by atoms with van der Waals surface area (Å²) in [7, 11) is 0. The van der Waals surface area contributed by atoms with E-state index >= 15 is 0 Å². The third-order valence-corrected chi connectivity index (χ3v) is 2.86. The first-order chi connectivity index (χ1) is 8.11. The van der Waals surface area contributed by atoms with E-state index < -0.39 is 0 Å². The standard InChI is InChI=1S/C11H18N6/c1-4-7(6(2)3)15-10-8-9(14-5-13-8)16-11(12)17-10/h5-7H,4H2,1-3H3,(H4,12,13,14,15,16,17). The molecule has 0 radical (unpaired) electrons. The van der Waals surface area contributed by atoms with Gasteiger partial charge in [-0.1, -0.05) is 20.8 Å². The van der Waals surface area contributed by atoms with E-state index in [1.165, 1.54) is 0 Å². The number of nitrogens with one attached hydrogen (secondary N) is 2. The fourth-order valence-electron chi connectivity index (χ4n) is 1.87. The lowest BCUT2D eigenvalue weighted by Gasteiger charge is -2.21. The van der Waals surface area contributed by atoms with Crippen LogP contribution in [0.4, 0.5) is 11.8 Å². The number of hydrogen-bond donors (Lipinski definition) is 3. The lowest BCUT2D eigenvalue weighted by Crippen LogP contribution is -2.25. The summed E-state index contributed by atoms with van der Waals surface area (Å²) in [6.45, 7) is 6.49. The van der Waals surface area contributed by atoms with Gasteiger partial charge in [-0.2, -0.15) is 9.97 Å². The molecule has 0 saturated carbocycles. The highest BCUT2D eigenvalue weighted by atomic mass is 15.1. The topological polar surface area (TPSA) is 92.5 Å². The Morgan fingerprint density at radius 1 is 1.41 bits per heavy atom. The van der Waals surface area contributed by atoms with Crippen LogP contribution >= 0.6 is 0 Å². The molecule has 0 spiro atoms. The largest absolute Gasteiger partial charge is 0.368 e. The second-order valence-electron chi connectivity index (χ2n) is 4.43. The van der Waals surface area contributed by atoms with Crippen molar-refractivity contribution in [2.24, 2.45) is 5.92 Å². The molecule has 0 aliphatic heterocycles. The number of rotatable bonds is 4. The predicted octanol–water partition coefficient (Wildman–Crippen LogP) is 1.78. The summed E-state index contributed by atoms with van der Waals surface area (Å²) in [5.41, 5.74) is 7.07. The summed E-state index contributed by atoms with van der Waals surface area (Å²) in [5, 5.41) is 3.38. The van der Waals surface area contributed by atoms with Crippen molar-refractivity contribution < 1.29 is 0 Å². The zero-order chi connectivity index (χ0) is 12.4. The molecule has 2 aromatic rings. The molecule has 0 aliphatic carbocycles. The first-order valence-corrected chi connectivity index (χ1v) is 5.85. The van der Waals surface area contributed by atoms with Gasteiger partial charge in [-0.05, 0) is 12.3 Å². The van der Waals surface area contributed by atoms with Crippen LogP contribution in [0.15, 0.2) is 6.33 Å². The van der Waals surface area contributed by atoms with E-state index in [0.29, 0.717) is 23.4 Å². The van der Waals surface area contributed by atoms with Crippen molar-refractivity contribution in [2.45, 2.75) is 33.2 Å². The number of imidazole rings is 1. The summed E-state index contributed by atoms with van der Waals surface area (Å²) in [5.74, 6) is 1.47. The van der Waals surface area contributed by atoms with Crippen molar-refractivity contribution in [3.8, 4) is 0 Å². The van der Waals surface area contributed by atoms with Crippen molar-refractivity contribution in [1.82, 2.24) is 19.9 Å². The molecular weight excluding hydrogens is 216 g/mol. The fraction of sp³-hybridized carbons (Fsp3) is 0.545. The quantitative estimate of drug-likeness (QED) is 0.750. The van der Waals surface area contributed by atoms with Gasteiger partial charge in [-0.15, -0.1) is 0 Å². The van der Waals surface area contributed by atoms with Crippen LogP contribution in [0.25, 0.3) is 11.2 Å². The second-order valence-corrected chi connectivity index (χ2v) is 4.43. The molecule has 0 aliphatic rings. The Labute approximate surface area is 100 Å². The monoisotopic (exact) mass is 234 g/mol. The van der Waals surface area contributed by atoms with Crippen LogP contribution in [0.2, 0.25) is 0 Å². The highest BCUT2D eigenvalue weighted by Crippen LogP contribution is 2.20. The molecule has 2 heterocycles. The number of fused-ring (bicyclic) bond motifs is 1. The molecule has 0 aromatic carbocycles. The van der Waals surface area contributed by atoms with Crippen molar-refractivity contribution in [3.05, 3.63) is 6.33 Å². The minimum absolute atomic E-state index is 0.253. The highest BCUT2D eigenvalue weighted by Gasteiger charge is 2.15. The number of nitrogens with zero attached hydrogens (tertiary/aromatic N) is 3. The molecule has 6 nitrogen and oxygen atoms in total. The number of nitrogens with two attached hydrogens (primary N) is 1. The first-order valence-electron chi connectivity index (χ1n) is 5.85. The Bertz CT molecular complexity index is 504. The average Bonchev–Trinajstić information content (AvgIpc) is 2.72. The molecule has 2 aromatic heterocycles. The van der Waals surface area contributed by atoms with E-state index in [2.05, 4.69) is 46.0 Å². The number of anilines is 2. The minimum Gasteiger partial charge on any atom is -0.368 e. The van der Waals surface area contributed by atoms with Crippen LogP contribution in [-0.2, 0) is 0 Å². The molecule has 4 N–H and O–H groups in total. The molecule has 0 saturated heterocycles. The Morgan fingerprint density at radius 2 is 2.18 bits per heavy atom. The molecule has 1 atom stereocenters. The molecule has 6 heteroatoms. The van der Waals surface area contributed by atoms with Gasteiger partial charge in [0.25, 0.3) is 0 Å². The van der Waals surface area contributed by atoms with E-state index in [-0.39, 0.29) is 5.95 Å². The number of H-pyrrole nitrogens is 1. The maximum atomic E-state index is 5.67. The van der Waals surface area contributed by atoms with Crippen LogP contribution in [0.5, 0.6) is 0 Å². The highest BCUT2D eigenvalue weighted by molar-refractivity contribution is 5.83. The zero-order valence-electron chi connectivity index (χ0n) is 10.4. The fourth-order valence-corrected chi connectivity index (χ4v) is 1.87. The van der Waals surface area contributed by atoms with E-state index in [4.69, 9.17) is 5.73 Å². The van der Waals surface area contributed by atoms with Crippen LogP contribution < -0.4 is 11.1 Å². The number of hydrogen-bond acceptors (Lipinski definition) is 5. The van der Waals surface area contributed by atoms with Gasteiger partial charge in [-0.25, -0.2) is 4.98 Å². The third kappa shape index (κ3) is 2.30. The van der Waals surface area contributed by atoms with E-state index in [1.807, 2.05) is 0 Å². The van der Waals surface area contributed by atoms with E-state index in [9.17, 15) is 0 Å². The minimum atomic E-state index is 0.253. The second kappa shape index (κ2) is 4.57. The summed E-state index contributed by atoms with van der Waals surface area (Å²) in [4.78, 5) is 15.4. The molecule has 17 heavy (non-hydrogen) atoms. The van der Waals surface area contributed by atoms with Gasteiger partial charge >= 0.3 is 0 Å². The Kier molecular flexibility index (Phi) is 3.12. The number of aromatic amines is 1. The summed E-state index contributed by atoms with van der Waals surface area (Å²) in [6, 6.07) is 0.351. The van der Waals surface area contributed by atoms with Crippen molar-refractivity contribution in [3.63, 3.8) is 0 Å². The van der Waals surface area contributed by atoms with Crippen LogP contribution in [0, 0.1) is 5.92 Å². The maximum absolute atomic E-state index is 5.67. The number of aromatic nitrogens is 4. The van der Waals surface area contributed by atoms with E-state index in [0.717, 1.165) is 11.9 Å². The summed E-state index contributed by atoms with van der Waals surface area (Å²) >= 11 is 0. The number of nitrogen functional groups attached to an aromatic ring is 1. The normalized spacial score (nSPS) is 13.2. The predicted molar refractivity (Wildman–Crippen MR) is 68.6 cm³/mol. The lowest BCUT2D eigenvalue weighted by atomic mass is 10.0. The summed E-state index contributed by atoms with van der Waals surface area (Å²) < 4.78 is 0. The first kappa shape index (κ1) is 11.6. The van der Waals surface area contributed by atoms with Gasteiger partial charge in [0, 0.05) is 6.04 Å². The van der Waals surface area contributed by atoms with Crippen LogP contribution in [0.3, 0.4) is 0 Å². The van der Waals surface area contributed by atoms with Gasteiger partial charge in [0.2, 0.25) is 5.95 Å². The van der Waals surface area contributed by atoms with Gasteiger partial charge in [0.1, 0.15) is 5.52 Å². The maximum Gasteiger partial charge on any atom is 0.224 e. The molecule has 0 bridgehead atoms. The van der Waals surface area contributed by atoms with E-state index in [1.54, 1.807) is 6.33 Å². The van der Waals surface area contributed by atoms with Gasteiger partial charge < -0.3 is 16.0 Å².